The largest absolute Gasteiger partial charge is 0.321 e. The van der Waals surface area contributed by atoms with E-state index in [1.807, 2.05) is 24.3 Å². The first-order chi connectivity index (χ1) is 14.1. The van der Waals surface area contributed by atoms with Crippen molar-refractivity contribution in [1.29, 1.82) is 0 Å². The molecule has 0 unspecified atom stereocenters. The van der Waals surface area contributed by atoms with E-state index in [2.05, 4.69) is 10.3 Å². The molecule has 0 radical (unpaired) electrons. The van der Waals surface area contributed by atoms with Crippen molar-refractivity contribution in [3.8, 4) is 0 Å². The summed E-state index contributed by atoms with van der Waals surface area (Å²) in [5.41, 5.74) is 2.40. The second-order valence-electron chi connectivity index (χ2n) is 6.43. The van der Waals surface area contributed by atoms with Crippen LogP contribution in [0.4, 0.5) is 5.69 Å². The number of nitrogens with zero attached hydrogens (tertiary/aromatic N) is 1. The van der Waals surface area contributed by atoms with Crippen LogP contribution in [0.2, 0.25) is 0 Å². The number of carbonyl (C=O) groups is 3. The first-order valence-electron chi connectivity index (χ1n) is 9.03. The highest BCUT2D eigenvalue weighted by atomic mass is 16.2. The molecule has 0 saturated carbocycles. The van der Waals surface area contributed by atoms with Gasteiger partial charge < -0.3 is 5.32 Å². The molecule has 1 heterocycles. The van der Waals surface area contributed by atoms with Gasteiger partial charge in [-0.3, -0.25) is 19.4 Å². The van der Waals surface area contributed by atoms with Crippen LogP contribution in [-0.4, -0.2) is 22.5 Å². The zero-order valence-corrected chi connectivity index (χ0v) is 15.3. The van der Waals surface area contributed by atoms with Gasteiger partial charge in [-0.1, -0.05) is 48.5 Å². The van der Waals surface area contributed by atoms with Crippen LogP contribution in [0.5, 0.6) is 0 Å². The molecule has 5 nitrogen and oxygen atoms in total. The van der Waals surface area contributed by atoms with E-state index in [9.17, 15) is 14.4 Å². The Morgan fingerprint density at radius 3 is 2.00 bits per heavy atom. The summed E-state index contributed by atoms with van der Waals surface area (Å²) in [5.74, 6) is -1.50. The number of rotatable bonds is 5. The average molecular weight is 380 g/mol. The van der Waals surface area contributed by atoms with Gasteiger partial charge in [0.2, 0.25) is 11.6 Å². The van der Waals surface area contributed by atoms with Crippen molar-refractivity contribution in [2.75, 3.05) is 5.32 Å². The molecule has 29 heavy (non-hydrogen) atoms. The topological polar surface area (TPSA) is 76.1 Å². The third-order valence-electron chi connectivity index (χ3n) is 4.55. The number of aromatic nitrogens is 1. The number of anilines is 1. The Hall–Kier alpha value is -4.12. The van der Waals surface area contributed by atoms with E-state index < -0.39 is 11.6 Å². The van der Waals surface area contributed by atoms with Crippen molar-refractivity contribution < 1.29 is 14.4 Å². The van der Waals surface area contributed by atoms with Crippen LogP contribution >= 0.6 is 0 Å². The zero-order valence-electron chi connectivity index (χ0n) is 15.3. The van der Waals surface area contributed by atoms with Gasteiger partial charge in [-0.2, -0.15) is 0 Å². The number of fused-ring (bicyclic) bond motifs is 1. The van der Waals surface area contributed by atoms with Crippen molar-refractivity contribution in [1.82, 2.24) is 4.98 Å². The van der Waals surface area contributed by atoms with Crippen molar-refractivity contribution >= 4 is 34.1 Å². The summed E-state index contributed by atoms with van der Waals surface area (Å²) in [4.78, 5) is 41.6. The minimum Gasteiger partial charge on any atom is -0.321 e. The molecule has 140 valence electrons. The van der Waals surface area contributed by atoms with Gasteiger partial charge in [-0.25, -0.2) is 0 Å². The Morgan fingerprint density at radius 1 is 0.621 bits per heavy atom. The molecule has 1 amide bonds. The predicted octanol–water partition coefficient (Wildman–Crippen LogP) is 4.55. The fraction of sp³-hybridized carbons (Fsp3) is 0. The number of pyridine rings is 1. The Labute approximate surface area is 167 Å². The lowest BCUT2D eigenvalue weighted by atomic mass is 10.0. The molecule has 1 aromatic heterocycles. The highest BCUT2D eigenvalue weighted by Crippen LogP contribution is 2.22. The first kappa shape index (κ1) is 18.3. The van der Waals surface area contributed by atoms with E-state index in [0.717, 1.165) is 10.9 Å². The molecule has 0 atom stereocenters. The molecule has 0 aliphatic carbocycles. The second kappa shape index (κ2) is 7.86. The second-order valence-corrected chi connectivity index (χ2v) is 6.43. The Kier molecular flexibility index (Phi) is 4.95. The number of hydrogen-bond acceptors (Lipinski definition) is 4. The zero-order chi connectivity index (χ0) is 20.2. The Morgan fingerprint density at radius 2 is 1.28 bits per heavy atom. The molecule has 5 heteroatoms. The van der Waals surface area contributed by atoms with Crippen LogP contribution in [0.15, 0.2) is 91.1 Å². The number of carbonyl (C=O) groups excluding carboxylic acids is 3. The van der Waals surface area contributed by atoms with E-state index in [1.54, 1.807) is 42.6 Å². The first-order valence-corrected chi connectivity index (χ1v) is 9.03. The summed E-state index contributed by atoms with van der Waals surface area (Å²) in [6.07, 6.45) is 1.69. The SMILES string of the molecule is O=C(Nc1cccc2ncccc12)c1ccc(C(=O)C(=O)c2ccccc2)cc1. The number of nitrogens with one attached hydrogen (secondary N) is 1. The van der Waals surface area contributed by atoms with E-state index in [1.165, 1.54) is 24.3 Å². The van der Waals surface area contributed by atoms with Crippen LogP contribution in [0.25, 0.3) is 10.9 Å². The third kappa shape index (κ3) is 3.80. The molecule has 3 aromatic carbocycles. The highest BCUT2D eigenvalue weighted by Gasteiger charge is 2.18. The molecule has 0 fully saturated rings. The minimum atomic E-state index is -0.608. The van der Waals surface area contributed by atoms with Crippen LogP contribution in [0.1, 0.15) is 31.1 Å². The maximum absolute atomic E-state index is 12.6. The summed E-state index contributed by atoms with van der Waals surface area (Å²) in [7, 11) is 0. The van der Waals surface area contributed by atoms with Crippen LogP contribution in [0, 0.1) is 0 Å². The molecule has 0 bridgehead atoms. The predicted molar refractivity (Wildman–Crippen MR) is 111 cm³/mol. The minimum absolute atomic E-state index is 0.241. The van der Waals surface area contributed by atoms with Crippen molar-refractivity contribution in [2.45, 2.75) is 0 Å². The van der Waals surface area contributed by atoms with Gasteiger partial charge in [0, 0.05) is 28.3 Å². The Bertz CT molecular complexity index is 1210. The fourth-order valence-electron chi connectivity index (χ4n) is 3.03. The number of amides is 1. The molecule has 0 spiro atoms. The van der Waals surface area contributed by atoms with Crippen LogP contribution in [-0.2, 0) is 0 Å². The monoisotopic (exact) mass is 380 g/mol. The molecule has 4 rings (SSSR count). The molecule has 0 saturated heterocycles. The van der Waals surface area contributed by atoms with Crippen LogP contribution < -0.4 is 5.32 Å². The van der Waals surface area contributed by atoms with Gasteiger partial charge >= 0.3 is 0 Å². The summed E-state index contributed by atoms with van der Waals surface area (Å²) in [6, 6.07) is 23.6. The summed E-state index contributed by atoms with van der Waals surface area (Å²) in [6.45, 7) is 0. The van der Waals surface area contributed by atoms with E-state index in [0.29, 0.717) is 16.8 Å². The van der Waals surface area contributed by atoms with Gasteiger partial charge in [0.1, 0.15) is 0 Å². The van der Waals surface area contributed by atoms with Gasteiger partial charge in [0.15, 0.2) is 0 Å². The van der Waals surface area contributed by atoms with Crippen molar-refractivity contribution in [3.05, 3.63) is 108 Å². The van der Waals surface area contributed by atoms with Gasteiger partial charge in [-0.05, 0) is 36.4 Å². The molecule has 0 aliphatic rings. The molecular formula is C24H16N2O3. The quantitative estimate of drug-likeness (QED) is 0.407. The van der Waals surface area contributed by atoms with E-state index in [-0.39, 0.29) is 11.5 Å². The summed E-state index contributed by atoms with van der Waals surface area (Å²) in [5, 5.41) is 3.70. The molecular weight excluding hydrogens is 364 g/mol. The molecule has 1 N–H and O–H groups in total. The third-order valence-corrected chi connectivity index (χ3v) is 4.55. The van der Waals surface area contributed by atoms with Gasteiger partial charge in [-0.15, -0.1) is 0 Å². The number of hydrogen-bond donors (Lipinski definition) is 1. The average Bonchev–Trinajstić information content (AvgIpc) is 2.79. The smallest absolute Gasteiger partial charge is 0.255 e. The van der Waals surface area contributed by atoms with E-state index in [4.69, 9.17) is 0 Å². The molecule has 4 aromatic rings. The highest BCUT2D eigenvalue weighted by molar-refractivity contribution is 6.49. The van der Waals surface area contributed by atoms with Crippen molar-refractivity contribution in [2.24, 2.45) is 0 Å². The lowest BCUT2D eigenvalue weighted by Crippen LogP contribution is -2.15. The van der Waals surface area contributed by atoms with E-state index >= 15 is 0 Å². The van der Waals surface area contributed by atoms with Gasteiger partial charge in [0.25, 0.3) is 5.91 Å². The number of ketones is 2. The maximum Gasteiger partial charge on any atom is 0.255 e. The lowest BCUT2D eigenvalue weighted by Gasteiger charge is -2.09. The maximum atomic E-state index is 12.6. The normalized spacial score (nSPS) is 10.5. The summed E-state index contributed by atoms with van der Waals surface area (Å²) < 4.78 is 0. The summed E-state index contributed by atoms with van der Waals surface area (Å²) >= 11 is 0. The Balaban J connectivity index is 1.52. The van der Waals surface area contributed by atoms with Crippen molar-refractivity contribution in [3.63, 3.8) is 0 Å². The van der Waals surface area contributed by atoms with Crippen LogP contribution in [0.3, 0.4) is 0 Å². The standard InChI is InChI=1S/C24H16N2O3/c27-22(16-6-2-1-3-7-16)23(28)17-11-13-18(14-12-17)24(29)26-21-10-4-9-20-19(21)8-5-15-25-20/h1-15H,(H,26,29). The number of Topliss-reactive ketones (excluding diaryl/α,β-unsaturated/α-hetero) is 2. The lowest BCUT2D eigenvalue weighted by molar-refractivity contribution is 0.0817. The van der Waals surface area contributed by atoms with Gasteiger partial charge in [0.05, 0.1) is 11.2 Å². The molecule has 0 aliphatic heterocycles. The number of benzene rings is 3. The fourth-order valence-corrected chi connectivity index (χ4v) is 3.03.